The van der Waals surface area contributed by atoms with Crippen molar-refractivity contribution in [3.05, 3.63) is 111 Å². The number of esters is 2. The van der Waals surface area contributed by atoms with E-state index in [9.17, 15) is 27.6 Å². The van der Waals surface area contributed by atoms with Gasteiger partial charge in [-0.1, -0.05) is 37.3 Å². The lowest BCUT2D eigenvalue weighted by molar-refractivity contribution is -0.146. The minimum atomic E-state index is -3.96. The van der Waals surface area contributed by atoms with Crippen LogP contribution in [0, 0.1) is 5.92 Å². The molecule has 302 valence electrons. The number of methoxy groups -OCH3 is 2. The summed E-state index contributed by atoms with van der Waals surface area (Å²) in [4.78, 5) is 52.7. The molecule has 0 saturated heterocycles. The highest BCUT2D eigenvalue weighted by Gasteiger charge is 2.36. The van der Waals surface area contributed by atoms with E-state index in [1.54, 1.807) is 24.3 Å². The van der Waals surface area contributed by atoms with Gasteiger partial charge in [0.25, 0.3) is 11.8 Å². The number of ether oxygens (including phenoxy) is 2. The van der Waals surface area contributed by atoms with Gasteiger partial charge in [-0.25, -0.2) is 13.2 Å². The van der Waals surface area contributed by atoms with Crippen molar-refractivity contribution < 1.29 is 37.1 Å². The number of hydrogen-bond donors (Lipinski definition) is 2. The summed E-state index contributed by atoms with van der Waals surface area (Å²) in [5, 5.41) is 6.46. The van der Waals surface area contributed by atoms with Gasteiger partial charge in [0.1, 0.15) is 5.00 Å². The number of nitrogens with one attached hydrogen (secondary N) is 2. The predicted molar refractivity (Wildman–Crippen MR) is 222 cm³/mol. The Bertz CT molecular complexity index is 2170. The number of rotatable bonds is 15. The number of carbonyl (C=O) groups is 4. The molecular formula is C44H51N3O8S2. The zero-order valence-electron chi connectivity index (χ0n) is 32.8. The van der Waals surface area contributed by atoms with Crippen molar-refractivity contribution in [1.29, 1.82) is 0 Å². The summed E-state index contributed by atoms with van der Waals surface area (Å²) >= 11 is 1.41. The van der Waals surface area contributed by atoms with Gasteiger partial charge in [-0.05, 0) is 136 Å². The molecule has 0 bridgehead atoms. The van der Waals surface area contributed by atoms with Gasteiger partial charge in [0.05, 0.1) is 36.2 Å². The van der Waals surface area contributed by atoms with Crippen LogP contribution in [0.2, 0.25) is 0 Å². The lowest BCUT2D eigenvalue weighted by Crippen LogP contribution is -2.43. The van der Waals surface area contributed by atoms with Gasteiger partial charge in [-0.15, -0.1) is 11.3 Å². The predicted octanol–water partition coefficient (Wildman–Crippen LogP) is 8.23. The lowest BCUT2D eigenvalue weighted by atomic mass is 9.86. The Kier molecular flexibility index (Phi) is 14.0. The summed E-state index contributed by atoms with van der Waals surface area (Å²) < 4.78 is 39.4. The summed E-state index contributed by atoms with van der Waals surface area (Å²) in [6, 6.07) is 21.0. The topological polar surface area (TPSA) is 148 Å². The first-order valence-electron chi connectivity index (χ1n) is 19.8. The van der Waals surface area contributed by atoms with Crippen molar-refractivity contribution in [2.75, 3.05) is 31.4 Å². The molecule has 4 aromatic rings. The first-order chi connectivity index (χ1) is 27.5. The molecule has 6 rings (SSSR count). The number of thiophene rings is 1. The largest absolute Gasteiger partial charge is 0.469 e. The third-order valence-electron chi connectivity index (χ3n) is 10.9. The Hall–Kier alpha value is -4.85. The summed E-state index contributed by atoms with van der Waals surface area (Å²) in [5.41, 5.74) is 5.01. The minimum absolute atomic E-state index is 0.0277. The summed E-state index contributed by atoms with van der Waals surface area (Å²) in [7, 11) is -1.22. The first kappa shape index (κ1) is 41.8. The minimum Gasteiger partial charge on any atom is -0.469 e. The van der Waals surface area contributed by atoms with Crippen molar-refractivity contribution >= 4 is 55.8 Å². The van der Waals surface area contributed by atoms with E-state index in [0.717, 1.165) is 66.5 Å². The van der Waals surface area contributed by atoms with Gasteiger partial charge >= 0.3 is 11.9 Å². The van der Waals surface area contributed by atoms with E-state index in [0.29, 0.717) is 60.5 Å². The molecule has 0 unspecified atom stereocenters. The number of carbonyl (C=O) groups excluding carboxylic acids is 4. The lowest BCUT2D eigenvalue weighted by Gasteiger charge is -2.35. The average Bonchev–Trinajstić information content (AvgIpc) is 3.61. The Labute approximate surface area is 339 Å². The highest BCUT2D eigenvalue weighted by Crippen LogP contribution is 2.39. The first-order valence-corrected chi connectivity index (χ1v) is 22.0. The molecule has 57 heavy (non-hydrogen) atoms. The van der Waals surface area contributed by atoms with E-state index in [4.69, 9.17) is 9.47 Å². The number of sulfonamides is 1. The van der Waals surface area contributed by atoms with Crippen molar-refractivity contribution in [2.45, 2.75) is 94.9 Å². The Morgan fingerprint density at radius 2 is 1.46 bits per heavy atom. The fourth-order valence-corrected chi connectivity index (χ4v) is 11.0. The molecule has 2 aliphatic rings. The maximum Gasteiger partial charge on any atom is 0.337 e. The van der Waals surface area contributed by atoms with Crippen LogP contribution >= 0.6 is 11.3 Å². The number of benzene rings is 3. The normalized spacial score (nSPS) is 16.7. The van der Waals surface area contributed by atoms with Gasteiger partial charge in [-0.3, -0.25) is 14.4 Å². The molecule has 1 heterocycles. The molecule has 0 atom stereocenters. The zero-order chi connectivity index (χ0) is 40.5. The second kappa shape index (κ2) is 19.1. The third kappa shape index (κ3) is 10.0. The molecule has 13 heteroatoms. The molecule has 0 radical (unpaired) electrons. The second-order valence-corrected chi connectivity index (χ2v) is 17.7. The molecule has 1 aromatic heterocycles. The Morgan fingerprint density at radius 3 is 2.11 bits per heavy atom. The van der Waals surface area contributed by atoms with Gasteiger partial charge in [0.2, 0.25) is 10.0 Å². The smallest absolute Gasteiger partial charge is 0.337 e. The van der Waals surface area contributed by atoms with Crippen LogP contribution in [0.4, 0.5) is 10.7 Å². The molecule has 1 fully saturated rings. The van der Waals surface area contributed by atoms with Gasteiger partial charge in [0, 0.05) is 28.7 Å². The highest BCUT2D eigenvalue weighted by atomic mass is 32.2. The maximum atomic E-state index is 14.1. The number of amides is 2. The SMILES string of the molecule is CCCN(C1CCC(C(=O)OC)CC1)S(=O)(=O)c1cccc(C(=O)Nc2sc3c(c2C(=O)Nc2ccc(CCCc4ccc(C(=O)OC)cc4)cc2)CCCC3)c1. The van der Waals surface area contributed by atoms with Crippen molar-refractivity contribution in [3.63, 3.8) is 0 Å². The third-order valence-corrected chi connectivity index (χ3v) is 14.1. The molecule has 2 amide bonds. The van der Waals surface area contributed by atoms with Crippen LogP contribution < -0.4 is 10.6 Å². The molecule has 11 nitrogen and oxygen atoms in total. The molecule has 0 spiro atoms. The molecule has 2 N–H and O–H groups in total. The van der Waals surface area contributed by atoms with Crippen LogP contribution in [0.3, 0.4) is 0 Å². The van der Waals surface area contributed by atoms with E-state index >= 15 is 0 Å². The monoisotopic (exact) mass is 813 g/mol. The molecule has 1 saturated carbocycles. The van der Waals surface area contributed by atoms with Crippen LogP contribution in [0.25, 0.3) is 0 Å². The Balaban J connectivity index is 1.12. The number of aryl methyl sites for hydroxylation is 3. The highest BCUT2D eigenvalue weighted by molar-refractivity contribution is 7.89. The van der Waals surface area contributed by atoms with Gasteiger partial charge < -0.3 is 20.1 Å². The van der Waals surface area contributed by atoms with Gasteiger partial charge in [0.15, 0.2) is 0 Å². The van der Waals surface area contributed by atoms with Crippen LogP contribution in [-0.2, 0) is 50.0 Å². The van der Waals surface area contributed by atoms with E-state index in [2.05, 4.69) is 10.6 Å². The van der Waals surface area contributed by atoms with Crippen molar-refractivity contribution in [1.82, 2.24) is 4.31 Å². The second-order valence-electron chi connectivity index (χ2n) is 14.7. The van der Waals surface area contributed by atoms with E-state index in [1.165, 1.54) is 42.0 Å². The Morgan fingerprint density at radius 1 is 0.789 bits per heavy atom. The fraction of sp³-hybridized carbons (Fsp3) is 0.409. The molecule has 0 aliphatic heterocycles. The number of hydrogen-bond acceptors (Lipinski definition) is 9. The average molecular weight is 814 g/mol. The summed E-state index contributed by atoms with van der Waals surface area (Å²) in [6.45, 7) is 2.25. The number of fused-ring (bicyclic) bond motifs is 1. The standard InChI is InChI=1S/C44H51N3O8S2/c1-4-27-47(35-25-21-32(22-26-35)44(51)55-3)57(52,53)36-12-8-11-33(28-36)40(48)46-42-39(37-13-5-6-14-38(37)56-42)41(49)45-34-23-17-30(18-24-34)10-7-9-29-15-19-31(20-16-29)43(50)54-2/h8,11-12,15-20,23-24,28,32,35H,4-7,9-10,13-14,21-22,25-27H2,1-3H3,(H,45,49)(H,46,48). The fourth-order valence-electron chi connectivity index (χ4n) is 7.86. The van der Waals surface area contributed by atoms with Gasteiger partial charge in [-0.2, -0.15) is 4.31 Å². The van der Waals surface area contributed by atoms with Crippen LogP contribution in [0.15, 0.2) is 77.7 Å². The summed E-state index contributed by atoms with van der Waals surface area (Å²) in [6.07, 6.45) is 8.95. The van der Waals surface area contributed by atoms with Crippen molar-refractivity contribution in [2.24, 2.45) is 5.92 Å². The summed E-state index contributed by atoms with van der Waals surface area (Å²) in [5.74, 6) is -1.64. The molecule has 3 aromatic carbocycles. The van der Waals surface area contributed by atoms with Crippen LogP contribution in [0.5, 0.6) is 0 Å². The van der Waals surface area contributed by atoms with E-state index < -0.39 is 15.9 Å². The van der Waals surface area contributed by atoms with Crippen LogP contribution in [-0.4, -0.2) is 63.3 Å². The quantitative estimate of drug-likeness (QED) is 0.114. The zero-order valence-corrected chi connectivity index (χ0v) is 34.4. The molecular weight excluding hydrogens is 763 g/mol. The van der Waals surface area contributed by atoms with Crippen molar-refractivity contribution in [3.8, 4) is 0 Å². The van der Waals surface area contributed by atoms with E-state index in [1.807, 2.05) is 43.3 Å². The molecule has 2 aliphatic carbocycles. The van der Waals surface area contributed by atoms with E-state index in [-0.39, 0.29) is 40.3 Å². The maximum absolute atomic E-state index is 14.1. The number of nitrogens with zero attached hydrogens (tertiary/aromatic N) is 1. The number of anilines is 2. The van der Waals surface area contributed by atoms with Crippen LogP contribution in [0.1, 0.15) is 111 Å².